The molecule has 1 aliphatic rings. The van der Waals surface area contributed by atoms with Crippen LogP contribution in [-0.4, -0.2) is 41.7 Å². The second kappa shape index (κ2) is 10.3. The Labute approximate surface area is 207 Å². The lowest BCUT2D eigenvalue weighted by atomic mass is 10.1. The molecule has 0 spiro atoms. The number of ether oxygens (including phenoxy) is 1. The normalized spacial score (nSPS) is 12.3. The molecule has 3 aromatic rings. The van der Waals surface area contributed by atoms with E-state index in [0.717, 1.165) is 16.0 Å². The average molecular weight is 485 g/mol. The fourth-order valence-electron chi connectivity index (χ4n) is 4.07. The number of nitrogens with zero attached hydrogens (tertiary/aromatic N) is 3. The molecule has 0 saturated heterocycles. The van der Waals surface area contributed by atoms with Crippen molar-refractivity contribution in [3.05, 3.63) is 88.4 Å². The van der Waals surface area contributed by atoms with Gasteiger partial charge < -0.3 is 14.1 Å². The third-order valence-electron chi connectivity index (χ3n) is 5.69. The summed E-state index contributed by atoms with van der Waals surface area (Å²) in [6, 6.07) is 15.0. The zero-order valence-corrected chi connectivity index (χ0v) is 19.8. The molecule has 2 aromatic carbocycles. The molecule has 182 valence electrons. The van der Waals surface area contributed by atoms with Gasteiger partial charge in [-0.2, -0.15) is 5.26 Å². The van der Waals surface area contributed by atoms with Crippen LogP contribution >= 0.6 is 0 Å². The van der Waals surface area contributed by atoms with Crippen molar-refractivity contribution in [2.45, 2.75) is 26.8 Å². The molecule has 0 bridgehead atoms. The van der Waals surface area contributed by atoms with E-state index in [4.69, 9.17) is 14.4 Å². The first-order chi connectivity index (χ1) is 17.3. The number of carbonyl (C=O) groups excluding carboxylic acids is 4. The van der Waals surface area contributed by atoms with Gasteiger partial charge in [-0.15, -0.1) is 0 Å². The van der Waals surface area contributed by atoms with Crippen LogP contribution in [-0.2, 0) is 16.1 Å². The van der Waals surface area contributed by atoms with Crippen molar-refractivity contribution < 1.29 is 28.3 Å². The molecule has 1 aromatic heterocycles. The molecule has 9 nitrogen and oxygen atoms in total. The Balaban J connectivity index is 1.46. The van der Waals surface area contributed by atoms with E-state index in [1.807, 2.05) is 38.1 Å². The average Bonchev–Trinajstić information content (AvgIpc) is 3.45. The van der Waals surface area contributed by atoms with Gasteiger partial charge in [-0.1, -0.05) is 6.07 Å². The van der Waals surface area contributed by atoms with Crippen molar-refractivity contribution in [2.75, 3.05) is 18.1 Å². The van der Waals surface area contributed by atoms with Gasteiger partial charge in [0.1, 0.15) is 5.76 Å². The van der Waals surface area contributed by atoms with Crippen molar-refractivity contribution in [3.8, 4) is 6.07 Å². The van der Waals surface area contributed by atoms with Crippen LogP contribution in [0.1, 0.15) is 54.4 Å². The number of anilines is 1. The summed E-state index contributed by atoms with van der Waals surface area (Å²) in [6.07, 6.45) is 1.56. The van der Waals surface area contributed by atoms with Gasteiger partial charge in [0.05, 0.1) is 42.0 Å². The fourth-order valence-corrected chi connectivity index (χ4v) is 4.07. The lowest BCUT2D eigenvalue weighted by Gasteiger charge is -2.22. The minimum Gasteiger partial charge on any atom is -0.467 e. The molecule has 0 saturated carbocycles. The quantitative estimate of drug-likeness (QED) is 0.351. The number of hydrogen-bond acceptors (Lipinski definition) is 7. The molecule has 0 aliphatic carbocycles. The van der Waals surface area contributed by atoms with Crippen molar-refractivity contribution in [1.82, 2.24) is 4.90 Å². The predicted octanol–water partition coefficient (Wildman–Crippen LogP) is 3.80. The van der Waals surface area contributed by atoms with Gasteiger partial charge in [0.15, 0.2) is 6.61 Å². The summed E-state index contributed by atoms with van der Waals surface area (Å²) in [4.78, 5) is 53.5. The molecule has 0 fully saturated rings. The van der Waals surface area contributed by atoms with Crippen LogP contribution in [0.4, 0.5) is 5.69 Å². The zero-order chi connectivity index (χ0) is 25.8. The fraction of sp³-hybridized carbons (Fsp3) is 0.222. The molecular formula is C27H23N3O6. The lowest BCUT2D eigenvalue weighted by molar-refractivity contribution is -0.121. The number of nitriles is 1. The minimum atomic E-state index is -0.809. The Morgan fingerprint density at radius 2 is 1.75 bits per heavy atom. The maximum absolute atomic E-state index is 12.9. The van der Waals surface area contributed by atoms with Crippen molar-refractivity contribution >= 4 is 29.4 Å². The number of benzene rings is 2. The van der Waals surface area contributed by atoms with E-state index in [2.05, 4.69) is 0 Å². The molecule has 36 heavy (non-hydrogen) atoms. The van der Waals surface area contributed by atoms with E-state index in [1.54, 1.807) is 12.1 Å². The van der Waals surface area contributed by atoms with E-state index in [1.165, 1.54) is 29.4 Å². The Bertz CT molecular complexity index is 1370. The first kappa shape index (κ1) is 24.4. The molecule has 0 atom stereocenters. The largest absolute Gasteiger partial charge is 0.467 e. The summed E-state index contributed by atoms with van der Waals surface area (Å²) in [5, 5.41) is 8.99. The van der Waals surface area contributed by atoms with Gasteiger partial charge in [-0.3, -0.25) is 19.3 Å². The number of rotatable bonds is 8. The Morgan fingerprint density at radius 1 is 1.03 bits per heavy atom. The maximum Gasteiger partial charge on any atom is 0.338 e. The highest BCUT2D eigenvalue weighted by atomic mass is 16.5. The van der Waals surface area contributed by atoms with E-state index in [-0.39, 0.29) is 36.2 Å². The maximum atomic E-state index is 12.9. The molecule has 0 radical (unpaired) electrons. The van der Waals surface area contributed by atoms with E-state index in [9.17, 15) is 19.2 Å². The second-order valence-corrected chi connectivity index (χ2v) is 8.41. The standard InChI is InChI=1S/C27H23N3O6/c1-17-11-18(2)13-20(12-17)29(9-4-8-28)24(31)16-36-27(34)19-6-7-22-23(14-19)26(33)30(25(22)32)15-21-5-3-10-35-21/h3,5-7,10-14H,4,9,15-16H2,1-2H3. The Kier molecular flexibility index (Phi) is 6.97. The van der Waals surface area contributed by atoms with Gasteiger partial charge >= 0.3 is 5.97 Å². The summed E-state index contributed by atoms with van der Waals surface area (Å²) in [5.41, 5.74) is 2.82. The van der Waals surface area contributed by atoms with Gasteiger partial charge in [0, 0.05) is 12.2 Å². The number of furan rings is 1. The molecule has 0 unspecified atom stereocenters. The second-order valence-electron chi connectivity index (χ2n) is 8.41. The number of aryl methyl sites for hydroxylation is 2. The number of fused-ring (bicyclic) bond motifs is 1. The van der Waals surface area contributed by atoms with Crippen molar-refractivity contribution in [1.29, 1.82) is 5.26 Å². The zero-order valence-electron chi connectivity index (χ0n) is 19.8. The molecule has 3 amide bonds. The molecule has 9 heteroatoms. The van der Waals surface area contributed by atoms with Crippen LogP contribution in [0, 0.1) is 25.2 Å². The van der Waals surface area contributed by atoms with Crippen LogP contribution in [0.25, 0.3) is 0 Å². The summed E-state index contributed by atoms with van der Waals surface area (Å²) in [6.45, 7) is 3.38. The molecule has 4 rings (SSSR count). The number of amides is 3. The Hall–Kier alpha value is -4.71. The van der Waals surface area contributed by atoms with Gasteiger partial charge in [-0.25, -0.2) is 4.79 Å². The predicted molar refractivity (Wildman–Crippen MR) is 128 cm³/mol. The van der Waals surface area contributed by atoms with Crippen molar-refractivity contribution in [3.63, 3.8) is 0 Å². The molecule has 2 heterocycles. The van der Waals surface area contributed by atoms with E-state index >= 15 is 0 Å². The minimum absolute atomic E-state index is 0.0232. The molecule has 0 N–H and O–H groups in total. The number of carbonyl (C=O) groups is 4. The van der Waals surface area contributed by atoms with Crippen LogP contribution in [0.15, 0.2) is 59.2 Å². The first-order valence-corrected chi connectivity index (χ1v) is 11.2. The van der Waals surface area contributed by atoms with Crippen molar-refractivity contribution in [2.24, 2.45) is 0 Å². The number of esters is 1. The summed E-state index contributed by atoms with van der Waals surface area (Å²) in [7, 11) is 0. The van der Waals surface area contributed by atoms with Gasteiger partial charge in [0.2, 0.25) is 0 Å². The monoisotopic (exact) mass is 485 g/mol. The van der Waals surface area contributed by atoms with Gasteiger partial charge in [-0.05, 0) is 67.4 Å². The van der Waals surface area contributed by atoms with Crippen LogP contribution < -0.4 is 4.90 Å². The van der Waals surface area contributed by atoms with Crippen LogP contribution in [0.2, 0.25) is 0 Å². The van der Waals surface area contributed by atoms with E-state index in [0.29, 0.717) is 11.4 Å². The third kappa shape index (κ3) is 5.03. The lowest BCUT2D eigenvalue weighted by Crippen LogP contribution is -2.35. The van der Waals surface area contributed by atoms with Crippen LogP contribution in [0.5, 0.6) is 0 Å². The first-order valence-electron chi connectivity index (χ1n) is 11.2. The van der Waals surface area contributed by atoms with Gasteiger partial charge in [0.25, 0.3) is 17.7 Å². The molecular weight excluding hydrogens is 462 g/mol. The highest BCUT2D eigenvalue weighted by molar-refractivity contribution is 6.21. The summed E-state index contributed by atoms with van der Waals surface area (Å²) >= 11 is 0. The van der Waals surface area contributed by atoms with Crippen LogP contribution in [0.3, 0.4) is 0 Å². The summed E-state index contributed by atoms with van der Waals surface area (Å²) in [5.74, 6) is -1.87. The number of hydrogen-bond donors (Lipinski definition) is 0. The molecule has 1 aliphatic heterocycles. The highest BCUT2D eigenvalue weighted by Crippen LogP contribution is 2.26. The highest BCUT2D eigenvalue weighted by Gasteiger charge is 2.36. The SMILES string of the molecule is Cc1cc(C)cc(N(CCC#N)C(=O)COC(=O)c2ccc3c(c2)C(=O)N(Cc2ccco2)C3=O)c1. The Morgan fingerprint density at radius 3 is 2.42 bits per heavy atom. The topological polar surface area (TPSA) is 121 Å². The summed E-state index contributed by atoms with van der Waals surface area (Å²) < 4.78 is 10.5. The smallest absolute Gasteiger partial charge is 0.338 e. The van der Waals surface area contributed by atoms with E-state index < -0.39 is 30.3 Å². The third-order valence-corrected chi connectivity index (χ3v) is 5.69. The number of imide groups is 1.